The van der Waals surface area contributed by atoms with Crippen molar-refractivity contribution in [2.45, 2.75) is 58.6 Å². The molecule has 24 heavy (non-hydrogen) atoms. The van der Waals surface area contributed by atoms with Gasteiger partial charge in [0.1, 0.15) is 5.60 Å². The van der Waals surface area contributed by atoms with Crippen LogP contribution in [0.2, 0.25) is 0 Å². The highest BCUT2D eigenvalue weighted by atomic mass is 16.6. The van der Waals surface area contributed by atoms with E-state index in [0.717, 1.165) is 37.2 Å². The van der Waals surface area contributed by atoms with Crippen molar-refractivity contribution in [2.75, 3.05) is 19.6 Å². The average molecular weight is 334 g/mol. The normalized spacial score (nSPS) is 18.3. The SMILES string of the molecule is CC(C)(C)OC(=O)N1CCc2c(C(=O)N3CCCCC3)n[nH]c2C1. The van der Waals surface area contributed by atoms with Crippen molar-refractivity contribution in [3.05, 3.63) is 17.0 Å². The van der Waals surface area contributed by atoms with Crippen LogP contribution in [-0.2, 0) is 17.7 Å². The van der Waals surface area contributed by atoms with Gasteiger partial charge in [-0.05, 0) is 46.5 Å². The molecular formula is C17H26N4O3. The molecule has 132 valence electrons. The van der Waals surface area contributed by atoms with E-state index >= 15 is 0 Å². The van der Waals surface area contributed by atoms with E-state index in [2.05, 4.69) is 10.2 Å². The Balaban J connectivity index is 1.70. The second kappa shape index (κ2) is 6.45. The van der Waals surface area contributed by atoms with Gasteiger partial charge in [-0.25, -0.2) is 4.79 Å². The van der Waals surface area contributed by atoms with Gasteiger partial charge in [-0.3, -0.25) is 9.89 Å². The maximum absolute atomic E-state index is 12.7. The highest BCUT2D eigenvalue weighted by molar-refractivity contribution is 5.94. The topological polar surface area (TPSA) is 78.5 Å². The molecule has 0 spiro atoms. The van der Waals surface area contributed by atoms with E-state index in [1.165, 1.54) is 6.42 Å². The Morgan fingerprint density at radius 2 is 1.79 bits per heavy atom. The Morgan fingerprint density at radius 3 is 2.46 bits per heavy atom. The lowest BCUT2D eigenvalue weighted by Gasteiger charge is -2.30. The summed E-state index contributed by atoms with van der Waals surface area (Å²) >= 11 is 0. The third kappa shape index (κ3) is 3.55. The van der Waals surface area contributed by atoms with Gasteiger partial charge in [0, 0.05) is 25.2 Å². The number of carbonyl (C=O) groups excluding carboxylic acids is 2. The highest BCUT2D eigenvalue weighted by Gasteiger charge is 2.31. The van der Waals surface area contributed by atoms with Gasteiger partial charge >= 0.3 is 6.09 Å². The van der Waals surface area contributed by atoms with Crippen molar-refractivity contribution >= 4 is 12.0 Å². The third-order valence-corrected chi connectivity index (χ3v) is 4.43. The van der Waals surface area contributed by atoms with Gasteiger partial charge in [0.25, 0.3) is 5.91 Å². The molecule has 0 atom stereocenters. The molecule has 2 amide bonds. The number of hydrogen-bond donors (Lipinski definition) is 1. The fraction of sp³-hybridized carbons (Fsp3) is 0.706. The summed E-state index contributed by atoms with van der Waals surface area (Å²) in [6, 6.07) is 0. The van der Waals surface area contributed by atoms with Crippen LogP contribution in [0, 0.1) is 0 Å². The molecule has 0 radical (unpaired) electrons. The maximum atomic E-state index is 12.7. The minimum atomic E-state index is -0.513. The summed E-state index contributed by atoms with van der Waals surface area (Å²) in [5.74, 6) is 0.0120. The summed E-state index contributed by atoms with van der Waals surface area (Å²) in [4.78, 5) is 28.4. The maximum Gasteiger partial charge on any atom is 0.410 e. The quantitative estimate of drug-likeness (QED) is 0.855. The fourth-order valence-electron chi connectivity index (χ4n) is 3.22. The van der Waals surface area contributed by atoms with E-state index in [1.54, 1.807) is 4.90 Å². The van der Waals surface area contributed by atoms with Crippen LogP contribution < -0.4 is 0 Å². The first-order valence-electron chi connectivity index (χ1n) is 8.68. The Hall–Kier alpha value is -2.05. The van der Waals surface area contributed by atoms with Crippen LogP contribution in [0.4, 0.5) is 4.79 Å². The number of piperidine rings is 1. The Labute approximate surface area is 142 Å². The third-order valence-electron chi connectivity index (χ3n) is 4.43. The molecule has 1 saturated heterocycles. The smallest absolute Gasteiger partial charge is 0.410 e. The lowest BCUT2D eigenvalue weighted by molar-refractivity contribution is 0.0221. The summed E-state index contributed by atoms with van der Waals surface area (Å²) in [7, 11) is 0. The summed E-state index contributed by atoms with van der Waals surface area (Å²) in [6.45, 7) is 8.13. The molecule has 2 aliphatic heterocycles. The van der Waals surface area contributed by atoms with Crippen LogP contribution in [0.1, 0.15) is 61.8 Å². The molecular weight excluding hydrogens is 308 g/mol. The Kier molecular flexibility index (Phi) is 4.51. The Bertz CT molecular complexity index is 626. The molecule has 1 aromatic heterocycles. The number of nitrogens with zero attached hydrogens (tertiary/aromatic N) is 3. The van der Waals surface area contributed by atoms with Crippen molar-refractivity contribution in [1.29, 1.82) is 0 Å². The zero-order valence-electron chi connectivity index (χ0n) is 14.7. The number of hydrogen-bond acceptors (Lipinski definition) is 4. The summed E-state index contributed by atoms with van der Waals surface area (Å²) < 4.78 is 5.42. The summed E-state index contributed by atoms with van der Waals surface area (Å²) in [5, 5.41) is 7.19. The van der Waals surface area contributed by atoms with E-state index in [0.29, 0.717) is 25.2 Å². The summed E-state index contributed by atoms with van der Waals surface area (Å²) in [5.41, 5.74) is 1.80. The van der Waals surface area contributed by atoms with Crippen molar-refractivity contribution in [3.63, 3.8) is 0 Å². The molecule has 0 saturated carbocycles. The van der Waals surface area contributed by atoms with Crippen LogP contribution in [0.3, 0.4) is 0 Å². The second-order valence-corrected chi connectivity index (χ2v) is 7.53. The van der Waals surface area contributed by atoms with E-state index in [-0.39, 0.29) is 12.0 Å². The largest absolute Gasteiger partial charge is 0.444 e. The van der Waals surface area contributed by atoms with E-state index < -0.39 is 5.60 Å². The number of fused-ring (bicyclic) bond motifs is 1. The average Bonchev–Trinajstić information content (AvgIpc) is 2.96. The van der Waals surface area contributed by atoms with Gasteiger partial charge in [0.15, 0.2) is 5.69 Å². The molecule has 1 fully saturated rings. The van der Waals surface area contributed by atoms with Gasteiger partial charge in [-0.1, -0.05) is 0 Å². The van der Waals surface area contributed by atoms with Gasteiger partial charge in [-0.15, -0.1) is 0 Å². The fourth-order valence-corrected chi connectivity index (χ4v) is 3.22. The van der Waals surface area contributed by atoms with Crippen LogP contribution >= 0.6 is 0 Å². The van der Waals surface area contributed by atoms with E-state index in [9.17, 15) is 9.59 Å². The molecule has 0 aromatic carbocycles. The van der Waals surface area contributed by atoms with Gasteiger partial charge in [0.05, 0.1) is 12.2 Å². The van der Waals surface area contributed by atoms with E-state index in [1.807, 2.05) is 25.7 Å². The van der Waals surface area contributed by atoms with Crippen LogP contribution in [0.15, 0.2) is 0 Å². The first kappa shape index (κ1) is 16.8. The lowest BCUT2D eigenvalue weighted by Crippen LogP contribution is -2.40. The minimum absolute atomic E-state index is 0.0120. The monoisotopic (exact) mass is 334 g/mol. The molecule has 3 heterocycles. The van der Waals surface area contributed by atoms with E-state index in [4.69, 9.17) is 4.74 Å². The van der Waals surface area contributed by atoms with Crippen LogP contribution in [-0.4, -0.2) is 57.2 Å². The number of ether oxygens (including phenoxy) is 1. The molecule has 1 aromatic rings. The van der Waals surface area contributed by atoms with Gasteiger partial charge in [0.2, 0.25) is 0 Å². The zero-order chi connectivity index (χ0) is 17.3. The van der Waals surface area contributed by atoms with Gasteiger partial charge in [-0.2, -0.15) is 5.10 Å². The molecule has 3 rings (SSSR count). The lowest BCUT2D eigenvalue weighted by atomic mass is 10.0. The predicted octanol–water partition coefficient (Wildman–Crippen LogP) is 2.33. The molecule has 0 bridgehead atoms. The van der Waals surface area contributed by atoms with Crippen LogP contribution in [0.5, 0.6) is 0 Å². The number of aromatic nitrogens is 2. The van der Waals surface area contributed by atoms with Crippen molar-refractivity contribution in [2.24, 2.45) is 0 Å². The zero-order valence-corrected chi connectivity index (χ0v) is 14.7. The molecule has 2 aliphatic rings. The number of amides is 2. The number of aromatic amines is 1. The molecule has 0 unspecified atom stereocenters. The molecule has 1 N–H and O–H groups in total. The second-order valence-electron chi connectivity index (χ2n) is 7.53. The Morgan fingerprint density at radius 1 is 1.08 bits per heavy atom. The van der Waals surface area contributed by atoms with Crippen LogP contribution in [0.25, 0.3) is 0 Å². The molecule has 7 heteroatoms. The summed E-state index contributed by atoms with van der Waals surface area (Å²) in [6.07, 6.45) is 3.61. The number of rotatable bonds is 1. The van der Waals surface area contributed by atoms with Crippen molar-refractivity contribution < 1.29 is 14.3 Å². The predicted molar refractivity (Wildman–Crippen MR) is 88.7 cm³/mol. The standard InChI is InChI=1S/C17H26N4O3/c1-17(2,3)24-16(23)21-10-7-12-13(11-21)18-19-14(12)15(22)20-8-5-4-6-9-20/h4-11H2,1-3H3,(H,18,19). The number of nitrogens with one attached hydrogen (secondary N) is 1. The van der Waals surface area contributed by atoms with Crippen molar-refractivity contribution in [3.8, 4) is 0 Å². The number of H-pyrrole nitrogens is 1. The highest BCUT2D eigenvalue weighted by Crippen LogP contribution is 2.24. The molecule has 7 nitrogen and oxygen atoms in total. The first-order valence-corrected chi connectivity index (χ1v) is 8.68. The first-order chi connectivity index (χ1) is 11.3. The molecule has 0 aliphatic carbocycles. The van der Waals surface area contributed by atoms with Crippen molar-refractivity contribution in [1.82, 2.24) is 20.0 Å². The van der Waals surface area contributed by atoms with Gasteiger partial charge < -0.3 is 14.5 Å². The number of carbonyl (C=O) groups is 2. The minimum Gasteiger partial charge on any atom is -0.444 e. The number of likely N-dealkylation sites (tertiary alicyclic amines) is 1.